The monoisotopic (exact) mass is 337 g/mol. The first-order valence-electron chi connectivity index (χ1n) is 7.65. The molecule has 7 heteroatoms. The van der Waals surface area contributed by atoms with E-state index in [0.717, 1.165) is 16.9 Å². The maximum Gasteiger partial charge on any atom is 0.417 e. The van der Waals surface area contributed by atoms with Crippen molar-refractivity contribution in [2.45, 2.75) is 0 Å². The first kappa shape index (κ1) is 15.1. The van der Waals surface area contributed by atoms with Crippen molar-refractivity contribution in [3.63, 3.8) is 0 Å². The molecule has 3 aromatic rings. The summed E-state index contributed by atoms with van der Waals surface area (Å²) in [4.78, 5) is 18.1. The highest BCUT2D eigenvalue weighted by atomic mass is 16.5. The Labute approximate surface area is 142 Å². The maximum absolute atomic E-state index is 11.2. The van der Waals surface area contributed by atoms with Crippen molar-refractivity contribution >= 4 is 28.4 Å². The average molecular weight is 337 g/mol. The number of nitrogens with zero attached hydrogens (tertiary/aromatic N) is 1. The first-order valence-corrected chi connectivity index (χ1v) is 7.65. The lowest BCUT2D eigenvalue weighted by atomic mass is 10.1. The third-order valence-electron chi connectivity index (χ3n) is 3.81. The second-order valence-electron chi connectivity index (χ2n) is 5.46. The van der Waals surface area contributed by atoms with Crippen LogP contribution in [0.5, 0.6) is 5.75 Å². The van der Waals surface area contributed by atoms with Crippen LogP contribution in [0, 0.1) is 0 Å². The van der Waals surface area contributed by atoms with Crippen LogP contribution in [0.15, 0.2) is 62.9 Å². The SMILES string of the molecule is COc1cccc(C2=CN=C(Nc3ccc4[nH]c(=O)oc4c3)OC2)c1. The van der Waals surface area contributed by atoms with Crippen LogP contribution in [0.4, 0.5) is 5.69 Å². The highest BCUT2D eigenvalue weighted by Gasteiger charge is 2.12. The highest BCUT2D eigenvalue weighted by molar-refractivity contribution is 5.93. The predicted molar refractivity (Wildman–Crippen MR) is 94.8 cm³/mol. The van der Waals surface area contributed by atoms with Crippen molar-refractivity contribution in [1.82, 2.24) is 4.98 Å². The van der Waals surface area contributed by atoms with Crippen LogP contribution < -0.4 is 15.8 Å². The molecule has 2 N–H and O–H groups in total. The van der Waals surface area contributed by atoms with Gasteiger partial charge in [0.2, 0.25) is 0 Å². The molecule has 0 unspecified atom stereocenters. The summed E-state index contributed by atoms with van der Waals surface area (Å²) < 4.78 is 15.9. The second kappa shape index (κ2) is 6.20. The number of aromatic amines is 1. The summed E-state index contributed by atoms with van der Waals surface area (Å²) in [7, 11) is 1.63. The molecule has 25 heavy (non-hydrogen) atoms. The molecule has 0 spiro atoms. The number of methoxy groups -OCH3 is 1. The fraction of sp³-hybridized carbons (Fsp3) is 0.111. The van der Waals surface area contributed by atoms with Gasteiger partial charge in [0, 0.05) is 23.5 Å². The Bertz CT molecular complexity index is 1050. The van der Waals surface area contributed by atoms with Gasteiger partial charge in [0.25, 0.3) is 6.02 Å². The summed E-state index contributed by atoms with van der Waals surface area (Å²) in [6.45, 7) is 0.389. The lowest BCUT2D eigenvalue weighted by molar-refractivity contribution is 0.351. The summed E-state index contributed by atoms with van der Waals surface area (Å²) in [5.74, 6) is 0.303. The molecule has 1 aliphatic rings. The van der Waals surface area contributed by atoms with E-state index in [1.165, 1.54) is 0 Å². The minimum absolute atomic E-state index is 0.379. The van der Waals surface area contributed by atoms with Crippen LogP contribution >= 0.6 is 0 Å². The molecule has 0 amide bonds. The number of oxazole rings is 1. The number of nitrogens with one attached hydrogen (secondary N) is 2. The maximum atomic E-state index is 11.2. The molecule has 0 aliphatic carbocycles. The number of anilines is 1. The van der Waals surface area contributed by atoms with E-state index in [1.807, 2.05) is 24.3 Å². The lowest BCUT2D eigenvalue weighted by Crippen LogP contribution is -2.19. The third kappa shape index (κ3) is 3.12. The highest BCUT2D eigenvalue weighted by Crippen LogP contribution is 2.23. The van der Waals surface area contributed by atoms with Gasteiger partial charge in [0.15, 0.2) is 5.58 Å². The fourth-order valence-corrected chi connectivity index (χ4v) is 2.55. The number of aliphatic imine (C=N–C) groups is 1. The number of hydrogen-bond acceptors (Lipinski definition) is 6. The molecular formula is C18H15N3O4. The third-order valence-corrected chi connectivity index (χ3v) is 3.81. The van der Waals surface area contributed by atoms with E-state index in [0.29, 0.717) is 29.4 Å². The number of ether oxygens (including phenoxy) is 2. The Kier molecular flexibility index (Phi) is 3.74. The molecule has 2 aromatic carbocycles. The standard InChI is InChI=1S/C18H15N3O4/c1-23-14-4-2-3-11(7-14)12-9-19-17(24-10-12)20-13-5-6-15-16(8-13)25-18(22)21-15/h2-9H,10H2,1H3,(H,19,20)(H,21,22). The second-order valence-corrected chi connectivity index (χ2v) is 5.46. The molecule has 126 valence electrons. The predicted octanol–water partition coefficient (Wildman–Crippen LogP) is 2.97. The molecule has 0 saturated carbocycles. The van der Waals surface area contributed by atoms with Crippen molar-refractivity contribution < 1.29 is 13.9 Å². The lowest BCUT2D eigenvalue weighted by Gasteiger charge is -2.17. The van der Waals surface area contributed by atoms with Gasteiger partial charge in [0.05, 0.1) is 12.6 Å². The molecule has 0 fully saturated rings. The number of benzene rings is 2. The Morgan fingerprint density at radius 3 is 2.96 bits per heavy atom. The van der Waals surface area contributed by atoms with Gasteiger partial charge in [-0.3, -0.25) is 4.98 Å². The molecule has 0 atom stereocenters. The minimum atomic E-state index is -0.482. The zero-order valence-corrected chi connectivity index (χ0v) is 13.4. The van der Waals surface area contributed by atoms with E-state index >= 15 is 0 Å². The van der Waals surface area contributed by atoms with E-state index in [2.05, 4.69) is 15.3 Å². The smallest absolute Gasteiger partial charge is 0.417 e. The van der Waals surface area contributed by atoms with Crippen molar-refractivity contribution in [2.75, 3.05) is 19.0 Å². The van der Waals surface area contributed by atoms with Gasteiger partial charge >= 0.3 is 5.76 Å². The van der Waals surface area contributed by atoms with Crippen LogP contribution in [-0.4, -0.2) is 24.7 Å². The molecule has 2 heterocycles. The van der Waals surface area contributed by atoms with Gasteiger partial charge in [-0.25, -0.2) is 9.79 Å². The van der Waals surface area contributed by atoms with Gasteiger partial charge < -0.3 is 19.2 Å². The molecule has 7 nitrogen and oxygen atoms in total. The quantitative estimate of drug-likeness (QED) is 0.767. The van der Waals surface area contributed by atoms with E-state index in [1.54, 1.807) is 31.5 Å². The molecular weight excluding hydrogens is 322 g/mol. The molecule has 0 saturated heterocycles. The van der Waals surface area contributed by atoms with Gasteiger partial charge in [-0.05, 0) is 29.8 Å². The minimum Gasteiger partial charge on any atom is -0.497 e. The van der Waals surface area contributed by atoms with Gasteiger partial charge in [-0.1, -0.05) is 12.1 Å². The topological polar surface area (TPSA) is 88.8 Å². The number of hydrogen-bond donors (Lipinski definition) is 2. The summed E-state index contributed by atoms with van der Waals surface area (Å²) in [6, 6.07) is 13.4. The van der Waals surface area contributed by atoms with E-state index < -0.39 is 5.76 Å². The van der Waals surface area contributed by atoms with E-state index in [9.17, 15) is 4.79 Å². The van der Waals surface area contributed by atoms with Crippen LogP contribution in [0.25, 0.3) is 16.7 Å². The van der Waals surface area contributed by atoms with Gasteiger partial charge in [0.1, 0.15) is 12.4 Å². The molecule has 1 aromatic heterocycles. The van der Waals surface area contributed by atoms with Crippen molar-refractivity contribution in [2.24, 2.45) is 4.99 Å². The summed E-state index contributed by atoms with van der Waals surface area (Å²) in [5.41, 5.74) is 3.78. The molecule has 1 aliphatic heterocycles. The van der Waals surface area contributed by atoms with Crippen LogP contribution in [-0.2, 0) is 4.74 Å². The number of rotatable bonds is 3. The zero-order chi connectivity index (χ0) is 17.2. The Morgan fingerprint density at radius 1 is 1.24 bits per heavy atom. The summed E-state index contributed by atoms with van der Waals surface area (Å²) >= 11 is 0. The zero-order valence-electron chi connectivity index (χ0n) is 13.4. The number of amidine groups is 1. The number of aromatic nitrogens is 1. The molecule has 4 rings (SSSR count). The molecule has 0 bridgehead atoms. The van der Waals surface area contributed by atoms with Crippen LogP contribution in [0.1, 0.15) is 5.56 Å². The number of H-pyrrole nitrogens is 1. The van der Waals surface area contributed by atoms with Crippen LogP contribution in [0.2, 0.25) is 0 Å². The van der Waals surface area contributed by atoms with Crippen molar-refractivity contribution in [3.05, 3.63) is 64.8 Å². The van der Waals surface area contributed by atoms with Gasteiger partial charge in [-0.15, -0.1) is 0 Å². The van der Waals surface area contributed by atoms with E-state index in [4.69, 9.17) is 13.9 Å². The van der Waals surface area contributed by atoms with Gasteiger partial charge in [-0.2, -0.15) is 0 Å². The molecule has 0 radical (unpaired) electrons. The Hall–Kier alpha value is -3.48. The normalized spacial score (nSPS) is 13.8. The summed E-state index contributed by atoms with van der Waals surface area (Å²) in [6.07, 6.45) is 1.76. The largest absolute Gasteiger partial charge is 0.497 e. The van der Waals surface area contributed by atoms with Crippen LogP contribution in [0.3, 0.4) is 0 Å². The summed E-state index contributed by atoms with van der Waals surface area (Å²) in [5, 5.41) is 3.06. The average Bonchev–Trinajstić information content (AvgIpc) is 3.02. The van der Waals surface area contributed by atoms with E-state index in [-0.39, 0.29) is 0 Å². The first-order chi connectivity index (χ1) is 12.2. The fourth-order valence-electron chi connectivity index (χ4n) is 2.55. The van der Waals surface area contributed by atoms with Crippen molar-refractivity contribution in [3.8, 4) is 5.75 Å². The van der Waals surface area contributed by atoms with Crippen molar-refractivity contribution in [1.29, 1.82) is 0 Å². The number of fused-ring (bicyclic) bond motifs is 1. The Morgan fingerprint density at radius 2 is 2.16 bits per heavy atom. The Balaban J connectivity index is 1.54.